The van der Waals surface area contributed by atoms with Gasteiger partial charge in [0.05, 0.1) is 12.7 Å². The van der Waals surface area contributed by atoms with Crippen LogP contribution >= 0.6 is 15.9 Å². The number of esters is 1. The van der Waals surface area contributed by atoms with E-state index in [9.17, 15) is 4.79 Å². The van der Waals surface area contributed by atoms with E-state index in [0.29, 0.717) is 5.56 Å². The van der Waals surface area contributed by atoms with Crippen molar-refractivity contribution in [1.82, 2.24) is 4.57 Å². The highest BCUT2D eigenvalue weighted by molar-refractivity contribution is 9.11. The lowest BCUT2D eigenvalue weighted by Crippen LogP contribution is -2.04. The minimum absolute atomic E-state index is 0.295. The Balaban J connectivity index is 3.47. The maximum Gasteiger partial charge on any atom is 0.340 e. The molecule has 0 bridgehead atoms. The maximum absolute atomic E-state index is 11.6. The third-order valence-corrected chi connectivity index (χ3v) is 2.91. The van der Waals surface area contributed by atoms with E-state index in [4.69, 9.17) is 4.74 Å². The summed E-state index contributed by atoms with van der Waals surface area (Å²) >= 11 is 3.22. The Morgan fingerprint density at radius 3 is 2.47 bits per heavy atom. The predicted molar refractivity (Wildman–Crippen MR) is 64.2 cm³/mol. The Hall–Kier alpha value is -1.03. The van der Waals surface area contributed by atoms with Gasteiger partial charge in [0, 0.05) is 24.0 Å². The lowest BCUT2D eigenvalue weighted by molar-refractivity contribution is 0.0599. The SMILES string of the molecule is COC(=O)c1c(/C=C/Br)c(C)n(C)c1C. The molecule has 0 fully saturated rings. The van der Waals surface area contributed by atoms with Crippen LogP contribution in [0.2, 0.25) is 0 Å². The van der Waals surface area contributed by atoms with Gasteiger partial charge >= 0.3 is 5.97 Å². The summed E-state index contributed by atoms with van der Waals surface area (Å²) in [5.74, 6) is -0.295. The molecular formula is C11H14BrNO2. The van der Waals surface area contributed by atoms with Crippen molar-refractivity contribution in [3.05, 3.63) is 27.5 Å². The summed E-state index contributed by atoms with van der Waals surface area (Å²) in [7, 11) is 3.33. The monoisotopic (exact) mass is 271 g/mol. The molecule has 3 nitrogen and oxygen atoms in total. The number of hydrogen-bond acceptors (Lipinski definition) is 2. The van der Waals surface area contributed by atoms with Gasteiger partial charge in [-0.2, -0.15) is 0 Å². The molecule has 0 N–H and O–H groups in total. The number of ether oxygens (including phenoxy) is 1. The first-order valence-corrected chi connectivity index (χ1v) is 5.47. The lowest BCUT2D eigenvalue weighted by Gasteiger charge is -2.00. The molecule has 1 aromatic rings. The van der Waals surface area contributed by atoms with Crippen molar-refractivity contribution in [2.24, 2.45) is 7.05 Å². The Morgan fingerprint density at radius 2 is 2.00 bits per heavy atom. The molecule has 0 aliphatic rings. The van der Waals surface area contributed by atoms with E-state index in [1.54, 1.807) is 4.99 Å². The van der Waals surface area contributed by atoms with Gasteiger partial charge in [-0.1, -0.05) is 15.9 Å². The summed E-state index contributed by atoms with van der Waals surface area (Å²) in [6, 6.07) is 0. The highest BCUT2D eigenvalue weighted by atomic mass is 79.9. The average Bonchev–Trinajstić information content (AvgIpc) is 2.44. The number of methoxy groups -OCH3 is 1. The van der Waals surface area contributed by atoms with E-state index in [2.05, 4.69) is 15.9 Å². The first-order chi connectivity index (χ1) is 7.04. The average molecular weight is 272 g/mol. The molecular weight excluding hydrogens is 258 g/mol. The van der Waals surface area contributed by atoms with Crippen molar-refractivity contribution >= 4 is 28.0 Å². The molecule has 15 heavy (non-hydrogen) atoms. The summed E-state index contributed by atoms with van der Waals surface area (Å²) in [6.07, 6.45) is 1.86. The minimum atomic E-state index is -0.295. The number of hydrogen-bond donors (Lipinski definition) is 0. The predicted octanol–water partition coefficient (Wildman–Crippen LogP) is 2.79. The normalized spacial score (nSPS) is 11.0. The molecule has 0 amide bonds. The van der Waals surface area contributed by atoms with E-state index in [1.807, 2.05) is 31.5 Å². The van der Waals surface area contributed by atoms with Gasteiger partial charge in [-0.25, -0.2) is 4.79 Å². The summed E-state index contributed by atoms with van der Waals surface area (Å²) in [4.78, 5) is 13.3. The molecule has 82 valence electrons. The highest BCUT2D eigenvalue weighted by Crippen LogP contribution is 2.23. The summed E-state index contributed by atoms with van der Waals surface area (Å²) in [5.41, 5.74) is 3.50. The smallest absolute Gasteiger partial charge is 0.340 e. The second-order valence-corrected chi connectivity index (χ2v) is 3.83. The van der Waals surface area contributed by atoms with Crippen LogP contribution in [0.25, 0.3) is 6.08 Å². The second kappa shape index (κ2) is 4.66. The van der Waals surface area contributed by atoms with Crippen molar-refractivity contribution in [2.75, 3.05) is 7.11 Å². The van der Waals surface area contributed by atoms with Crippen molar-refractivity contribution in [3.63, 3.8) is 0 Å². The molecule has 0 aliphatic carbocycles. The molecule has 0 unspecified atom stereocenters. The Bertz CT molecular complexity index is 419. The van der Waals surface area contributed by atoms with Crippen molar-refractivity contribution < 1.29 is 9.53 Å². The molecule has 0 saturated heterocycles. The van der Waals surface area contributed by atoms with E-state index < -0.39 is 0 Å². The van der Waals surface area contributed by atoms with E-state index >= 15 is 0 Å². The van der Waals surface area contributed by atoms with Gasteiger partial charge in [0.2, 0.25) is 0 Å². The van der Waals surface area contributed by atoms with Crippen LogP contribution in [0.1, 0.15) is 27.3 Å². The van der Waals surface area contributed by atoms with E-state index in [-0.39, 0.29) is 5.97 Å². The summed E-state index contributed by atoms with van der Waals surface area (Å²) in [5, 5.41) is 0. The molecule has 0 saturated carbocycles. The van der Waals surface area contributed by atoms with Gasteiger partial charge in [0.1, 0.15) is 0 Å². The molecule has 0 aromatic carbocycles. The zero-order valence-corrected chi connectivity index (χ0v) is 10.9. The van der Waals surface area contributed by atoms with Gasteiger partial charge in [0.15, 0.2) is 0 Å². The molecule has 0 radical (unpaired) electrons. The zero-order valence-electron chi connectivity index (χ0n) is 9.30. The third kappa shape index (κ3) is 2.00. The van der Waals surface area contributed by atoms with Gasteiger partial charge in [-0.05, 0) is 24.9 Å². The van der Waals surface area contributed by atoms with Gasteiger partial charge in [-0.15, -0.1) is 0 Å². The molecule has 0 atom stereocenters. The summed E-state index contributed by atoms with van der Waals surface area (Å²) in [6.45, 7) is 3.88. The number of carbonyl (C=O) groups is 1. The van der Waals surface area contributed by atoms with Gasteiger partial charge in [0.25, 0.3) is 0 Å². The first-order valence-electron chi connectivity index (χ1n) is 4.55. The van der Waals surface area contributed by atoms with Crippen LogP contribution in [0, 0.1) is 13.8 Å². The van der Waals surface area contributed by atoms with Gasteiger partial charge < -0.3 is 9.30 Å². The van der Waals surface area contributed by atoms with Crippen LogP contribution in [-0.2, 0) is 11.8 Å². The van der Waals surface area contributed by atoms with Crippen LogP contribution in [-0.4, -0.2) is 17.6 Å². The first kappa shape index (κ1) is 12.0. The van der Waals surface area contributed by atoms with E-state index in [1.165, 1.54) is 7.11 Å². The molecule has 4 heteroatoms. The zero-order chi connectivity index (χ0) is 11.6. The number of nitrogens with zero attached hydrogens (tertiary/aromatic N) is 1. The minimum Gasteiger partial charge on any atom is -0.465 e. The largest absolute Gasteiger partial charge is 0.465 e. The highest BCUT2D eigenvalue weighted by Gasteiger charge is 2.20. The molecule has 1 aromatic heterocycles. The second-order valence-electron chi connectivity index (χ2n) is 3.30. The fraction of sp³-hybridized carbons (Fsp3) is 0.364. The molecule has 0 aliphatic heterocycles. The van der Waals surface area contributed by atoms with Crippen LogP contribution in [0.3, 0.4) is 0 Å². The number of halogens is 1. The van der Waals surface area contributed by atoms with Crippen LogP contribution in [0.15, 0.2) is 4.99 Å². The van der Waals surface area contributed by atoms with Crippen molar-refractivity contribution in [2.45, 2.75) is 13.8 Å². The molecule has 1 rings (SSSR count). The topological polar surface area (TPSA) is 31.2 Å². The standard InChI is InChI=1S/C11H14BrNO2/c1-7-9(5-6-12)10(11(14)15-4)8(2)13(7)3/h5-6H,1-4H3/b6-5+. The van der Waals surface area contributed by atoms with Crippen LogP contribution in [0.4, 0.5) is 0 Å². The Labute approximate surface area is 97.9 Å². The fourth-order valence-electron chi connectivity index (χ4n) is 1.60. The Kier molecular flexibility index (Phi) is 3.74. The maximum atomic E-state index is 11.6. The third-order valence-electron chi connectivity index (χ3n) is 2.65. The molecule has 1 heterocycles. The van der Waals surface area contributed by atoms with Gasteiger partial charge in [-0.3, -0.25) is 0 Å². The van der Waals surface area contributed by atoms with E-state index in [0.717, 1.165) is 17.0 Å². The number of rotatable bonds is 2. The van der Waals surface area contributed by atoms with Crippen LogP contribution in [0.5, 0.6) is 0 Å². The summed E-state index contributed by atoms with van der Waals surface area (Å²) < 4.78 is 6.75. The van der Waals surface area contributed by atoms with Crippen molar-refractivity contribution in [3.8, 4) is 0 Å². The van der Waals surface area contributed by atoms with Crippen molar-refractivity contribution in [1.29, 1.82) is 0 Å². The Morgan fingerprint density at radius 1 is 1.40 bits per heavy atom. The lowest BCUT2D eigenvalue weighted by atomic mass is 10.1. The number of carbonyl (C=O) groups excluding carboxylic acids is 1. The number of aromatic nitrogens is 1. The molecule has 0 spiro atoms. The van der Waals surface area contributed by atoms with Crippen LogP contribution < -0.4 is 0 Å². The fourth-order valence-corrected chi connectivity index (χ4v) is 1.87. The quantitative estimate of drug-likeness (QED) is 0.775.